The smallest absolute Gasteiger partial charge is 0.210 e. The van der Waals surface area contributed by atoms with E-state index in [0.29, 0.717) is 15.2 Å². The number of rotatable bonds is 3. The molecule has 0 heterocycles. The first-order chi connectivity index (χ1) is 9.43. The van der Waals surface area contributed by atoms with Crippen molar-refractivity contribution in [1.29, 1.82) is 0 Å². The Bertz CT molecular complexity index is 553. The summed E-state index contributed by atoms with van der Waals surface area (Å²) in [6, 6.07) is 5.35. The summed E-state index contributed by atoms with van der Waals surface area (Å²) in [5.74, 6) is 0. The van der Waals surface area contributed by atoms with Crippen LogP contribution in [-0.4, -0.2) is 42.5 Å². The number of nitrogens with zero attached hydrogens (tertiary/aromatic N) is 4. The summed E-state index contributed by atoms with van der Waals surface area (Å²) >= 11 is 13.3. The van der Waals surface area contributed by atoms with Gasteiger partial charge in [0.2, 0.25) is 5.17 Å². The van der Waals surface area contributed by atoms with Crippen molar-refractivity contribution in [3.63, 3.8) is 0 Å². The highest BCUT2D eigenvalue weighted by atomic mass is 35.5. The lowest BCUT2D eigenvalue weighted by Crippen LogP contribution is -2.08. The quantitative estimate of drug-likeness (QED) is 0.477. The molecule has 1 rings (SSSR count). The monoisotopic (exact) mass is 330 g/mol. The fraction of sp³-hybridized carbons (Fsp3) is 0.308. The van der Waals surface area contributed by atoms with Gasteiger partial charge in [-0.25, -0.2) is 4.99 Å². The Balaban J connectivity index is 2.94. The van der Waals surface area contributed by atoms with Gasteiger partial charge in [-0.15, -0.1) is 5.10 Å². The first-order valence-corrected chi connectivity index (χ1v) is 7.74. The molecule has 108 valence electrons. The third-order valence-corrected chi connectivity index (χ3v) is 3.50. The predicted molar refractivity (Wildman–Crippen MR) is 91.8 cm³/mol. The molecule has 1 aromatic rings. The zero-order valence-corrected chi connectivity index (χ0v) is 14.1. The minimum Gasteiger partial charge on any atom is -0.369 e. The third-order valence-electron chi connectivity index (χ3n) is 2.20. The summed E-state index contributed by atoms with van der Waals surface area (Å²) in [4.78, 5) is 6.03. The molecule has 0 aromatic heterocycles. The van der Waals surface area contributed by atoms with Gasteiger partial charge in [-0.2, -0.15) is 5.10 Å². The maximum absolute atomic E-state index is 5.98. The van der Waals surface area contributed by atoms with Gasteiger partial charge < -0.3 is 4.90 Å². The van der Waals surface area contributed by atoms with E-state index in [-0.39, 0.29) is 0 Å². The maximum Gasteiger partial charge on any atom is 0.210 e. The Kier molecular flexibility index (Phi) is 7.05. The Labute approximate surface area is 133 Å². The van der Waals surface area contributed by atoms with Crippen LogP contribution < -0.4 is 0 Å². The van der Waals surface area contributed by atoms with Crippen LogP contribution in [0.3, 0.4) is 0 Å². The summed E-state index contributed by atoms with van der Waals surface area (Å²) in [6.07, 6.45) is 3.58. The fourth-order valence-electron chi connectivity index (χ4n) is 1.18. The maximum atomic E-state index is 5.98. The van der Waals surface area contributed by atoms with Gasteiger partial charge in [-0.3, -0.25) is 0 Å². The average molecular weight is 331 g/mol. The minimum atomic E-state index is 0.499. The van der Waals surface area contributed by atoms with Crippen LogP contribution in [-0.2, 0) is 0 Å². The number of benzene rings is 1. The molecule has 4 nitrogen and oxygen atoms in total. The molecule has 0 aliphatic carbocycles. The predicted octanol–water partition coefficient (Wildman–Crippen LogP) is 4.03. The molecule has 0 N–H and O–H groups in total. The van der Waals surface area contributed by atoms with E-state index in [0.717, 1.165) is 11.3 Å². The van der Waals surface area contributed by atoms with Crippen molar-refractivity contribution >= 4 is 52.2 Å². The van der Waals surface area contributed by atoms with Gasteiger partial charge in [0, 0.05) is 14.1 Å². The van der Waals surface area contributed by atoms with Crippen molar-refractivity contribution in [1.82, 2.24) is 4.90 Å². The molecule has 7 heteroatoms. The van der Waals surface area contributed by atoms with E-state index in [2.05, 4.69) is 15.2 Å². The summed E-state index contributed by atoms with van der Waals surface area (Å²) in [7, 11) is 3.79. The van der Waals surface area contributed by atoms with E-state index in [9.17, 15) is 0 Å². The lowest BCUT2D eigenvalue weighted by molar-refractivity contribution is 0.644. The topological polar surface area (TPSA) is 40.3 Å². The first-order valence-electron chi connectivity index (χ1n) is 5.76. The molecule has 0 atom stereocenters. The van der Waals surface area contributed by atoms with E-state index in [1.54, 1.807) is 18.5 Å². The minimum absolute atomic E-state index is 0.499. The molecule has 0 saturated heterocycles. The van der Waals surface area contributed by atoms with Crippen LogP contribution in [0.5, 0.6) is 0 Å². The van der Waals surface area contributed by atoms with Crippen molar-refractivity contribution in [2.45, 2.75) is 6.92 Å². The van der Waals surface area contributed by atoms with Crippen molar-refractivity contribution in [3.8, 4) is 0 Å². The number of amidine groups is 1. The van der Waals surface area contributed by atoms with Crippen LogP contribution in [0.1, 0.15) is 12.5 Å². The summed E-state index contributed by atoms with van der Waals surface area (Å²) in [6.45, 7) is 1.86. The molecule has 20 heavy (non-hydrogen) atoms. The summed E-state index contributed by atoms with van der Waals surface area (Å²) in [5.41, 5.74) is 1.62. The molecule has 0 amide bonds. The SMILES string of the molecule is CSC(N=CN(C)C)=NN=C(C)c1ccc(Cl)c(Cl)c1. The van der Waals surface area contributed by atoms with E-state index in [1.165, 1.54) is 11.8 Å². The number of halogens is 2. The highest BCUT2D eigenvalue weighted by Gasteiger charge is 2.02. The first kappa shape index (κ1) is 17.0. The van der Waals surface area contributed by atoms with Gasteiger partial charge in [-0.05, 0) is 30.9 Å². The molecular formula is C13H16Cl2N4S. The zero-order chi connectivity index (χ0) is 15.1. The molecule has 0 unspecified atom stereocenters. The number of hydrogen-bond donors (Lipinski definition) is 0. The molecule has 0 radical (unpaired) electrons. The molecule has 1 aromatic carbocycles. The van der Waals surface area contributed by atoms with Gasteiger partial charge >= 0.3 is 0 Å². The Morgan fingerprint density at radius 2 is 1.90 bits per heavy atom. The van der Waals surface area contributed by atoms with Gasteiger partial charge in [0.05, 0.1) is 22.1 Å². The van der Waals surface area contributed by atoms with Gasteiger partial charge in [0.25, 0.3) is 0 Å². The standard InChI is InChI=1S/C13H16Cl2N4S/c1-9(10-5-6-11(14)12(15)7-10)17-18-13(20-4)16-8-19(2)3/h5-8H,1-4H3. The van der Waals surface area contributed by atoms with Crippen molar-refractivity contribution < 1.29 is 0 Å². The molecule has 0 fully saturated rings. The second-order valence-corrected chi connectivity index (χ2v) is 5.70. The van der Waals surface area contributed by atoms with Crippen LogP contribution in [0.2, 0.25) is 10.0 Å². The molecular weight excluding hydrogens is 315 g/mol. The van der Waals surface area contributed by atoms with Crippen molar-refractivity contribution in [2.24, 2.45) is 15.2 Å². The summed E-state index contributed by atoms with van der Waals surface area (Å²) < 4.78 is 0. The van der Waals surface area contributed by atoms with Gasteiger partial charge in [0.15, 0.2) is 0 Å². The molecule has 0 saturated carbocycles. The molecule has 0 bridgehead atoms. The third kappa shape index (κ3) is 5.53. The largest absolute Gasteiger partial charge is 0.369 e. The van der Waals surface area contributed by atoms with Crippen LogP contribution in [0.25, 0.3) is 0 Å². The Morgan fingerprint density at radius 3 is 2.45 bits per heavy atom. The van der Waals surface area contributed by atoms with Crippen LogP contribution in [0.15, 0.2) is 33.4 Å². The summed E-state index contributed by atoms with van der Waals surface area (Å²) in [5, 5.41) is 9.87. The highest BCUT2D eigenvalue weighted by molar-refractivity contribution is 8.13. The lowest BCUT2D eigenvalue weighted by atomic mass is 10.1. The highest BCUT2D eigenvalue weighted by Crippen LogP contribution is 2.22. The van der Waals surface area contributed by atoms with E-state index in [4.69, 9.17) is 23.2 Å². The van der Waals surface area contributed by atoms with E-state index >= 15 is 0 Å². The normalized spacial score (nSPS) is 13.1. The Hall–Kier alpha value is -1.04. The molecule has 0 aliphatic heterocycles. The lowest BCUT2D eigenvalue weighted by Gasteiger charge is -2.03. The fourth-order valence-corrected chi connectivity index (χ4v) is 1.75. The number of hydrogen-bond acceptors (Lipinski definition) is 3. The second kappa shape index (κ2) is 8.29. The molecule has 0 spiro atoms. The average Bonchev–Trinajstić information content (AvgIpc) is 2.41. The van der Waals surface area contributed by atoms with Crippen LogP contribution in [0, 0.1) is 0 Å². The van der Waals surface area contributed by atoms with Crippen molar-refractivity contribution in [2.75, 3.05) is 20.4 Å². The van der Waals surface area contributed by atoms with Crippen LogP contribution >= 0.6 is 35.0 Å². The zero-order valence-electron chi connectivity index (χ0n) is 11.8. The van der Waals surface area contributed by atoms with E-state index < -0.39 is 0 Å². The number of thioether (sulfide) groups is 1. The van der Waals surface area contributed by atoms with Gasteiger partial charge in [0.1, 0.15) is 0 Å². The van der Waals surface area contributed by atoms with Gasteiger partial charge in [-0.1, -0.05) is 41.0 Å². The number of aliphatic imine (C=N–C) groups is 1. The van der Waals surface area contributed by atoms with E-state index in [1.807, 2.05) is 38.2 Å². The van der Waals surface area contributed by atoms with Crippen LogP contribution in [0.4, 0.5) is 0 Å². The second-order valence-electron chi connectivity index (χ2n) is 4.11. The Morgan fingerprint density at radius 1 is 1.20 bits per heavy atom. The van der Waals surface area contributed by atoms with Crippen molar-refractivity contribution in [3.05, 3.63) is 33.8 Å². The molecule has 0 aliphatic rings.